The van der Waals surface area contributed by atoms with Crippen LogP contribution < -0.4 is 0 Å². The summed E-state index contributed by atoms with van der Waals surface area (Å²) in [5.41, 5.74) is 7.15. The van der Waals surface area contributed by atoms with E-state index in [1.54, 1.807) is 0 Å². The predicted octanol–water partition coefficient (Wildman–Crippen LogP) is 7.52. The fourth-order valence-corrected chi connectivity index (χ4v) is 5.46. The van der Waals surface area contributed by atoms with Crippen molar-refractivity contribution in [2.24, 2.45) is 39.9 Å². The maximum absolute atomic E-state index is 4.95. The van der Waals surface area contributed by atoms with E-state index in [0.717, 1.165) is 44.5 Å². The third-order valence-corrected chi connectivity index (χ3v) is 7.33. The second-order valence-electron chi connectivity index (χ2n) is 9.67. The van der Waals surface area contributed by atoms with Gasteiger partial charge in [-0.15, -0.1) is 0 Å². The number of fused-ring (bicyclic) bond motifs is 16. The van der Waals surface area contributed by atoms with Crippen LogP contribution in [0.5, 0.6) is 0 Å². The fraction of sp³-hybridized carbons (Fsp3) is 0.135. The summed E-state index contributed by atoms with van der Waals surface area (Å²) in [6, 6.07) is 31.8. The molecule has 5 aliphatic heterocycles. The van der Waals surface area contributed by atoms with Crippen molar-refractivity contribution in [3.63, 3.8) is 0 Å². The average molecular weight is 589 g/mol. The van der Waals surface area contributed by atoms with Crippen molar-refractivity contribution in [2.45, 2.75) is 35.1 Å². The van der Waals surface area contributed by atoms with Gasteiger partial charge in [0, 0.05) is 44.5 Å². The number of amidine groups is 8. The molecule has 0 saturated heterocycles. The third kappa shape index (κ3) is 4.80. The molecule has 0 unspecified atom stereocenters. The number of aliphatic imine (C=N–C) groups is 8. The lowest BCUT2D eigenvalue weighted by atomic mass is 10.1. The van der Waals surface area contributed by atoms with E-state index in [1.165, 1.54) is 0 Å². The maximum atomic E-state index is 4.95. The third-order valence-electron chi connectivity index (χ3n) is 7.33. The topological polar surface area (TPSA) is 98.9 Å². The molecule has 4 aromatic rings. The Kier molecular flexibility index (Phi) is 7.87. The molecule has 9 rings (SSSR count). The Hall–Kier alpha value is -5.76. The van der Waals surface area contributed by atoms with E-state index >= 15 is 0 Å². The Labute approximate surface area is 262 Å². The van der Waals surface area contributed by atoms with Crippen molar-refractivity contribution >= 4 is 46.7 Å². The van der Waals surface area contributed by atoms with Gasteiger partial charge in [0.2, 0.25) is 0 Å². The second kappa shape index (κ2) is 12.1. The number of hydrogen-bond donors (Lipinski definition) is 0. The van der Waals surface area contributed by atoms with Gasteiger partial charge in [-0.25, -0.2) is 39.9 Å². The molecule has 0 radical (unpaired) electrons. The number of hydrogen-bond acceptors (Lipinski definition) is 8. The van der Waals surface area contributed by atoms with E-state index in [-0.39, 0.29) is 7.43 Å². The van der Waals surface area contributed by atoms with Crippen LogP contribution in [0.15, 0.2) is 137 Å². The van der Waals surface area contributed by atoms with Gasteiger partial charge in [-0.1, -0.05) is 132 Å². The molecule has 0 spiro atoms. The average Bonchev–Trinajstić information content (AvgIpc) is 3.82. The molecule has 0 saturated carbocycles. The van der Waals surface area contributed by atoms with Crippen LogP contribution in [0.3, 0.4) is 0 Å². The molecule has 0 amide bonds. The van der Waals surface area contributed by atoms with Crippen LogP contribution in [-0.2, 0) is 0 Å². The zero-order valence-corrected chi connectivity index (χ0v) is 24.8. The van der Waals surface area contributed by atoms with E-state index in [2.05, 4.69) is 0 Å². The Morgan fingerprint density at radius 3 is 0.467 bits per heavy atom. The van der Waals surface area contributed by atoms with Gasteiger partial charge in [-0.2, -0.15) is 0 Å². The van der Waals surface area contributed by atoms with E-state index in [0.29, 0.717) is 46.7 Å². The minimum absolute atomic E-state index is 0. The van der Waals surface area contributed by atoms with Crippen LogP contribution in [0, 0.1) is 0 Å². The standard InChI is InChI=1S/C32H16N8.2C2H6.CH4/c1-2-10-18-17(9-1)25-33-26(18)38-28-21-13-5-6-14-22(21)30(35-28)40-32-24-16-8-7-15-23(24)31(36-32)39-29-20-12-4-3-11-19(20)27(34-29)37-25;2*1-2;/h1-16H;2*1-2H3;1H4. The summed E-state index contributed by atoms with van der Waals surface area (Å²) in [5.74, 6) is 4.42. The first kappa shape index (κ1) is 29.3. The highest BCUT2D eigenvalue weighted by atomic mass is 15.1. The molecule has 0 aliphatic carbocycles. The van der Waals surface area contributed by atoms with Gasteiger partial charge in [0.1, 0.15) is 0 Å². The van der Waals surface area contributed by atoms with E-state index in [4.69, 9.17) is 39.9 Å². The zero-order chi connectivity index (χ0) is 30.2. The molecule has 8 nitrogen and oxygen atoms in total. The van der Waals surface area contributed by atoms with E-state index in [9.17, 15) is 0 Å². The number of rotatable bonds is 0. The Morgan fingerprint density at radius 2 is 0.356 bits per heavy atom. The molecule has 220 valence electrons. The first-order valence-corrected chi connectivity index (χ1v) is 14.9. The van der Waals surface area contributed by atoms with Crippen LogP contribution in [0.2, 0.25) is 0 Å². The monoisotopic (exact) mass is 588 g/mol. The minimum Gasteiger partial charge on any atom is -0.208 e. The van der Waals surface area contributed by atoms with Gasteiger partial charge < -0.3 is 0 Å². The lowest BCUT2D eigenvalue weighted by Crippen LogP contribution is -2.02. The Balaban J connectivity index is 0.000000689. The smallest absolute Gasteiger partial charge is 0.164 e. The van der Waals surface area contributed by atoms with Gasteiger partial charge in [0.15, 0.2) is 46.7 Å². The number of benzene rings is 4. The van der Waals surface area contributed by atoms with Crippen molar-refractivity contribution in [3.05, 3.63) is 142 Å². The molecule has 5 heterocycles. The predicted molar refractivity (Wildman–Crippen MR) is 187 cm³/mol. The second-order valence-corrected chi connectivity index (χ2v) is 9.67. The fourth-order valence-electron chi connectivity index (χ4n) is 5.46. The molecule has 0 atom stereocenters. The largest absolute Gasteiger partial charge is 0.208 e. The Bertz CT molecular complexity index is 1790. The summed E-state index contributed by atoms with van der Waals surface area (Å²) in [5, 5.41) is 0. The van der Waals surface area contributed by atoms with Crippen molar-refractivity contribution in [2.75, 3.05) is 0 Å². The first-order chi connectivity index (χ1) is 21.8. The normalized spacial score (nSPS) is 15.6. The summed E-state index contributed by atoms with van der Waals surface area (Å²) in [7, 11) is 0. The quantitative estimate of drug-likeness (QED) is 0.203. The summed E-state index contributed by atoms with van der Waals surface area (Å²) in [6.07, 6.45) is 0. The molecule has 0 aromatic heterocycles. The summed E-state index contributed by atoms with van der Waals surface area (Å²) >= 11 is 0. The molecule has 5 aliphatic rings. The highest BCUT2D eigenvalue weighted by Crippen LogP contribution is 2.29. The van der Waals surface area contributed by atoms with Gasteiger partial charge in [-0.3, -0.25) is 0 Å². The molecule has 4 aromatic carbocycles. The Morgan fingerprint density at radius 1 is 0.244 bits per heavy atom. The molecule has 8 heteroatoms. The molecular weight excluding hydrogens is 556 g/mol. The molecule has 8 bridgehead atoms. The van der Waals surface area contributed by atoms with Gasteiger partial charge in [0.25, 0.3) is 0 Å². The van der Waals surface area contributed by atoms with Crippen LogP contribution in [0.1, 0.15) is 79.6 Å². The summed E-state index contributed by atoms with van der Waals surface area (Å²) in [6.45, 7) is 8.00. The van der Waals surface area contributed by atoms with Crippen LogP contribution in [0.25, 0.3) is 0 Å². The van der Waals surface area contributed by atoms with Crippen molar-refractivity contribution in [3.8, 4) is 0 Å². The summed E-state index contributed by atoms with van der Waals surface area (Å²) in [4.78, 5) is 39.3. The molecule has 45 heavy (non-hydrogen) atoms. The molecular formula is C37H32N8. The van der Waals surface area contributed by atoms with Crippen LogP contribution >= 0.6 is 0 Å². The SMILES string of the molecule is C.CC.CC.c1ccc2c(c1)C1=NC2=NC2=NC(=NC3=NC(=NC4=NC(=N1)c1ccccc14)c1ccccc13)c1ccccc12. The highest BCUT2D eigenvalue weighted by molar-refractivity contribution is 6.35. The van der Waals surface area contributed by atoms with E-state index in [1.807, 2.05) is 125 Å². The van der Waals surface area contributed by atoms with Crippen molar-refractivity contribution in [1.29, 1.82) is 0 Å². The van der Waals surface area contributed by atoms with Crippen molar-refractivity contribution in [1.82, 2.24) is 0 Å². The first-order valence-electron chi connectivity index (χ1n) is 14.9. The molecule has 0 fully saturated rings. The lowest BCUT2D eigenvalue weighted by Gasteiger charge is -2.01. The van der Waals surface area contributed by atoms with Crippen LogP contribution in [-0.4, -0.2) is 46.7 Å². The van der Waals surface area contributed by atoms with Gasteiger partial charge >= 0.3 is 0 Å². The molecule has 0 N–H and O–H groups in total. The summed E-state index contributed by atoms with van der Waals surface area (Å²) < 4.78 is 0. The lowest BCUT2D eigenvalue weighted by molar-refractivity contribution is 1.49. The van der Waals surface area contributed by atoms with Gasteiger partial charge in [-0.05, 0) is 0 Å². The van der Waals surface area contributed by atoms with Crippen LogP contribution in [0.4, 0.5) is 0 Å². The number of nitrogens with zero attached hydrogens (tertiary/aromatic N) is 8. The van der Waals surface area contributed by atoms with Crippen molar-refractivity contribution < 1.29 is 0 Å². The minimum atomic E-state index is 0. The van der Waals surface area contributed by atoms with Gasteiger partial charge in [0.05, 0.1) is 0 Å². The highest BCUT2D eigenvalue weighted by Gasteiger charge is 2.30. The zero-order valence-electron chi connectivity index (χ0n) is 24.8. The van der Waals surface area contributed by atoms with E-state index < -0.39 is 0 Å². The maximum Gasteiger partial charge on any atom is 0.164 e.